The first kappa shape index (κ1) is 14.8. The molecule has 1 atom stereocenters. The number of nitrogens with zero attached hydrogens (tertiary/aromatic N) is 1. The van der Waals surface area contributed by atoms with Gasteiger partial charge >= 0.3 is 0 Å². The highest BCUT2D eigenvalue weighted by atomic mass is 16.5. The maximum Gasteiger partial charge on any atom is 0.0594 e. The zero-order valence-electron chi connectivity index (χ0n) is 12.3. The second kappa shape index (κ2) is 7.28. The van der Waals surface area contributed by atoms with Gasteiger partial charge < -0.3 is 10.1 Å². The molecule has 1 saturated heterocycles. The maximum atomic E-state index is 5.53. The van der Waals surface area contributed by atoms with Crippen LogP contribution in [0.4, 0.5) is 0 Å². The van der Waals surface area contributed by atoms with Crippen LogP contribution in [0.3, 0.4) is 0 Å². The SMILES string of the molecule is C#CCCC(NCC)C1(N2CCOCC2)CCCC1. The van der Waals surface area contributed by atoms with Crippen LogP contribution in [-0.4, -0.2) is 49.3 Å². The summed E-state index contributed by atoms with van der Waals surface area (Å²) in [4.78, 5) is 2.69. The van der Waals surface area contributed by atoms with Gasteiger partial charge in [-0.15, -0.1) is 12.3 Å². The number of rotatable bonds is 6. The van der Waals surface area contributed by atoms with Crippen LogP contribution in [0.25, 0.3) is 0 Å². The third-order valence-corrected chi connectivity index (χ3v) is 4.79. The first-order chi connectivity index (χ1) is 9.33. The van der Waals surface area contributed by atoms with Gasteiger partial charge in [0.15, 0.2) is 0 Å². The molecule has 0 aromatic carbocycles. The summed E-state index contributed by atoms with van der Waals surface area (Å²) < 4.78 is 5.53. The van der Waals surface area contributed by atoms with E-state index in [0.717, 1.165) is 45.7 Å². The van der Waals surface area contributed by atoms with E-state index in [1.54, 1.807) is 0 Å². The van der Waals surface area contributed by atoms with Crippen LogP contribution in [-0.2, 0) is 4.74 Å². The molecule has 1 saturated carbocycles. The van der Waals surface area contributed by atoms with Crippen LogP contribution in [0.2, 0.25) is 0 Å². The normalized spacial score (nSPS) is 25.1. The second-order valence-electron chi connectivity index (χ2n) is 5.76. The number of morpholine rings is 1. The zero-order valence-corrected chi connectivity index (χ0v) is 12.3. The van der Waals surface area contributed by atoms with E-state index < -0.39 is 0 Å². The summed E-state index contributed by atoms with van der Waals surface area (Å²) in [6.07, 6.45) is 12.8. The van der Waals surface area contributed by atoms with Gasteiger partial charge in [0.25, 0.3) is 0 Å². The van der Waals surface area contributed by atoms with E-state index in [9.17, 15) is 0 Å². The largest absolute Gasteiger partial charge is 0.379 e. The Bertz CT molecular complexity index is 298. The van der Waals surface area contributed by atoms with Crippen molar-refractivity contribution >= 4 is 0 Å². The highest BCUT2D eigenvalue weighted by Gasteiger charge is 2.45. The molecule has 3 nitrogen and oxygen atoms in total. The minimum atomic E-state index is 0.330. The first-order valence-electron chi connectivity index (χ1n) is 7.83. The molecule has 2 fully saturated rings. The maximum absolute atomic E-state index is 5.53. The number of likely N-dealkylation sites (N-methyl/N-ethyl adjacent to an activating group) is 1. The Morgan fingerprint density at radius 3 is 2.58 bits per heavy atom. The quantitative estimate of drug-likeness (QED) is 0.743. The van der Waals surface area contributed by atoms with Gasteiger partial charge in [-0.05, 0) is 25.8 Å². The Labute approximate surface area is 118 Å². The van der Waals surface area contributed by atoms with Crippen LogP contribution >= 0.6 is 0 Å². The van der Waals surface area contributed by atoms with E-state index in [1.165, 1.54) is 25.7 Å². The second-order valence-corrected chi connectivity index (χ2v) is 5.76. The third kappa shape index (κ3) is 3.31. The van der Waals surface area contributed by atoms with Crippen LogP contribution in [0.1, 0.15) is 45.4 Å². The lowest BCUT2D eigenvalue weighted by Gasteiger charge is -2.48. The average Bonchev–Trinajstić information content (AvgIpc) is 2.95. The Hall–Kier alpha value is -0.560. The molecule has 108 valence electrons. The monoisotopic (exact) mass is 264 g/mol. The van der Waals surface area contributed by atoms with Crippen LogP contribution in [0, 0.1) is 12.3 Å². The molecule has 19 heavy (non-hydrogen) atoms. The predicted octanol–water partition coefficient (Wildman–Crippen LogP) is 2.02. The predicted molar refractivity (Wildman–Crippen MR) is 79.1 cm³/mol. The van der Waals surface area contributed by atoms with Crippen molar-refractivity contribution < 1.29 is 4.74 Å². The summed E-state index contributed by atoms with van der Waals surface area (Å²) in [6.45, 7) is 7.16. The van der Waals surface area contributed by atoms with Crippen molar-refractivity contribution in [2.45, 2.75) is 57.0 Å². The lowest BCUT2D eigenvalue weighted by atomic mass is 9.83. The van der Waals surface area contributed by atoms with Gasteiger partial charge in [0.2, 0.25) is 0 Å². The smallest absolute Gasteiger partial charge is 0.0594 e. The van der Waals surface area contributed by atoms with Crippen molar-refractivity contribution in [1.29, 1.82) is 0 Å². The van der Waals surface area contributed by atoms with Crippen molar-refractivity contribution in [3.05, 3.63) is 0 Å². The molecule has 1 N–H and O–H groups in total. The van der Waals surface area contributed by atoms with Gasteiger partial charge in [-0.25, -0.2) is 0 Å². The van der Waals surface area contributed by atoms with E-state index in [-0.39, 0.29) is 0 Å². The molecule has 0 aromatic heterocycles. The van der Waals surface area contributed by atoms with Crippen molar-refractivity contribution in [3.63, 3.8) is 0 Å². The molecule has 0 bridgehead atoms. The first-order valence-corrected chi connectivity index (χ1v) is 7.83. The average molecular weight is 264 g/mol. The minimum Gasteiger partial charge on any atom is -0.379 e. The van der Waals surface area contributed by atoms with E-state index in [2.05, 4.69) is 23.1 Å². The molecule has 1 aliphatic carbocycles. The summed E-state index contributed by atoms with van der Waals surface area (Å²) in [5.74, 6) is 2.82. The van der Waals surface area contributed by atoms with Gasteiger partial charge in [0.05, 0.1) is 13.2 Å². The van der Waals surface area contributed by atoms with Gasteiger partial charge in [-0.1, -0.05) is 19.8 Å². The lowest BCUT2D eigenvalue weighted by Crippen LogP contribution is -2.62. The highest BCUT2D eigenvalue weighted by Crippen LogP contribution is 2.40. The van der Waals surface area contributed by atoms with Gasteiger partial charge in [-0.2, -0.15) is 0 Å². The molecule has 0 aromatic rings. The minimum absolute atomic E-state index is 0.330. The van der Waals surface area contributed by atoms with E-state index in [1.807, 2.05) is 0 Å². The van der Waals surface area contributed by atoms with Crippen molar-refractivity contribution in [1.82, 2.24) is 10.2 Å². The number of hydrogen-bond donors (Lipinski definition) is 1. The summed E-state index contributed by atoms with van der Waals surface area (Å²) in [5.41, 5.74) is 0.330. The molecule has 1 aliphatic heterocycles. The standard InChI is InChI=1S/C16H28N2O/c1-3-5-8-15(17-4-2)16(9-6-7-10-16)18-11-13-19-14-12-18/h1,15,17H,4-14H2,2H3. The fourth-order valence-electron chi connectivity index (χ4n) is 3.92. The summed E-state index contributed by atoms with van der Waals surface area (Å²) in [6, 6.07) is 0.536. The third-order valence-electron chi connectivity index (χ3n) is 4.79. The van der Waals surface area contributed by atoms with Crippen molar-refractivity contribution in [2.24, 2.45) is 0 Å². The van der Waals surface area contributed by atoms with Gasteiger partial charge in [0.1, 0.15) is 0 Å². The molecule has 1 unspecified atom stereocenters. The Morgan fingerprint density at radius 1 is 1.32 bits per heavy atom. The molecular formula is C16H28N2O. The Balaban J connectivity index is 2.12. The molecule has 2 rings (SSSR count). The summed E-state index contributed by atoms with van der Waals surface area (Å²) >= 11 is 0. The number of terminal acetylenes is 1. The Kier molecular flexibility index (Phi) is 5.69. The zero-order chi connectivity index (χ0) is 13.6. The molecule has 3 heteroatoms. The van der Waals surface area contributed by atoms with Crippen LogP contribution in [0.5, 0.6) is 0 Å². The van der Waals surface area contributed by atoms with Crippen molar-refractivity contribution in [2.75, 3.05) is 32.8 Å². The number of ether oxygens (including phenoxy) is 1. The molecule has 1 heterocycles. The van der Waals surface area contributed by atoms with E-state index in [4.69, 9.17) is 11.2 Å². The van der Waals surface area contributed by atoms with Gasteiger partial charge in [0, 0.05) is 31.1 Å². The lowest BCUT2D eigenvalue weighted by molar-refractivity contribution is -0.0364. The molecule has 0 amide bonds. The fourth-order valence-corrected chi connectivity index (χ4v) is 3.92. The molecular weight excluding hydrogens is 236 g/mol. The molecule has 0 spiro atoms. The van der Waals surface area contributed by atoms with E-state index in [0.29, 0.717) is 11.6 Å². The number of hydrogen-bond acceptors (Lipinski definition) is 3. The molecule has 0 radical (unpaired) electrons. The van der Waals surface area contributed by atoms with Crippen molar-refractivity contribution in [3.8, 4) is 12.3 Å². The molecule has 2 aliphatic rings. The van der Waals surface area contributed by atoms with Crippen LogP contribution in [0.15, 0.2) is 0 Å². The topological polar surface area (TPSA) is 24.5 Å². The number of nitrogens with one attached hydrogen (secondary N) is 1. The van der Waals surface area contributed by atoms with Crippen LogP contribution < -0.4 is 5.32 Å². The van der Waals surface area contributed by atoms with Gasteiger partial charge in [-0.3, -0.25) is 4.90 Å². The summed E-state index contributed by atoms with van der Waals surface area (Å²) in [7, 11) is 0. The highest BCUT2D eigenvalue weighted by molar-refractivity contribution is 5.05. The Morgan fingerprint density at radius 2 is 2.00 bits per heavy atom. The van der Waals surface area contributed by atoms with E-state index >= 15 is 0 Å². The fraction of sp³-hybridized carbons (Fsp3) is 0.875. The summed E-state index contributed by atoms with van der Waals surface area (Å²) in [5, 5.41) is 3.72.